The molecule has 2 aromatic rings. The Morgan fingerprint density at radius 2 is 1.91 bits per heavy atom. The Hall–Kier alpha value is -3.07. The van der Waals surface area contributed by atoms with E-state index in [9.17, 15) is 18.4 Å². The van der Waals surface area contributed by atoms with E-state index in [4.69, 9.17) is 14.2 Å². The lowest BCUT2D eigenvalue weighted by Gasteiger charge is -2.24. The maximum Gasteiger partial charge on any atom is 0.314 e. The van der Waals surface area contributed by atoms with Gasteiger partial charge in [-0.15, -0.1) is 0 Å². The topological polar surface area (TPSA) is 73.9 Å². The van der Waals surface area contributed by atoms with Crippen LogP contribution in [0.15, 0.2) is 59.5 Å². The molecule has 0 unspecified atom stereocenters. The molecule has 1 N–H and O–H groups in total. The van der Waals surface area contributed by atoms with E-state index in [1.807, 2.05) is 12.2 Å². The molecule has 0 saturated carbocycles. The van der Waals surface area contributed by atoms with Crippen LogP contribution in [0.1, 0.15) is 35.2 Å². The Morgan fingerprint density at radius 3 is 2.59 bits per heavy atom. The molecule has 9 heteroatoms. The summed E-state index contributed by atoms with van der Waals surface area (Å²) in [6.45, 7) is 1.97. The minimum Gasteiger partial charge on any atom is -0.497 e. The molecule has 3 atom stereocenters. The number of allylic oxidation sites excluding steroid dienone is 1. The van der Waals surface area contributed by atoms with Crippen LogP contribution < -0.4 is 14.8 Å². The summed E-state index contributed by atoms with van der Waals surface area (Å²) in [5.74, 6) is -3.14. The molecule has 0 bridgehead atoms. The van der Waals surface area contributed by atoms with E-state index >= 15 is 0 Å². The molecular weight excluding hydrogens is 464 g/mol. The van der Waals surface area contributed by atoms with Gasteiger partial charge in [-0.05, 0) is 55.7 Å². The largest absolute Gasteiger partial charge is 0.497 e. The molecule has 0 spiro atoms. The normalized spacial score (nSPS) is 17.9. The lowest BCUT2D eigenvalue weighted by atomic mass is 9.84. The number of esters is 1. The average molecular weight is 492 g/mol. The second kappa shape index (κ2) is 11.9. The Balaban J connectivity index is 1.78. The Bertz CT molecular complexity index is 1050. The molecule has 0 aromatic heterocycles. The average Bonchev–Trinajstić information content (AvgIpc) is 3.26. The van der Waals surface area contributed by atoms with Gasteiger partial charge in [0.25, 0.3) is 11.7 Å². The van der Waals surface area contributed by atoms with E-state index in [1.165, 1.54) is 19.2 Å². The first kappa shape index (κ1) is 25.6. The van der Waals surface area contributed by atoms with Crippen LogP contribution in [-0.4, -0.2) is 44.5 Å². The van der Waals surface area contributed by atoms with Crippen LogP contribution in [0.25, 0.3) is 0 Å². The Kier molecular flexibility index (Phi) is 8.92. The van der Waals surface area contributed by atoms with Gasteiger partial charge in [-0.25, -0.2) is 0 Å². The number of carbonyl (C=O) groups excluding carboxylic acids is 2. The van der Waals surface area contributed by atoms with Crippen molar-refractivity contribution in [2.75, 3.05) is 20.8 Å². The highest BCUT2D eigenvalue weighted by atomic mass is 32.2. The summed E-state index contributed by atoms with van der Waals surface area (Å²) in [5.41, 5.74) is 0.928. The van der Waals surface area contributed by atoms with Gasteiger partial charge in [0.1, 0.15) is 11.5 Å². The maximum absolute atomic E-state index is 13.0. The number of hydrogen-bond acceptors (Lipinski definition) is 6. The van der Waals surface area contributed by atoms with Gasteiger partial charge in [0, 0.05) is 22.1 Å². The van der Waals surface area contributed by atoms with Crippen LogP contribution in [0.4, 0.5) is 8.78 Å². The monoisotopic (exact) mass is 491 g/mol. The van der Waals surface area contributed by atoms with Gasteiger partial charge in [0.2, 0.25) is 0 Å². The number of thioether (sulfide) groups is 1. The molecular formula is C25H27F2NO5S. The Morgan fingerprint density at radius 1 is 1.12 bits per heavy atom. The number of nitrogens with one attached hydrogen (secondary N) is 1. The number of carbonyl (C=O) groups is 2. The summed E-state index contributed by atoms with van der Waals surface area (Å²) in [5, 5.41) is 2.90. The van der Waals surface area contributed by atoms with Crippen molar-refractivity contribution in [2.24, 2.45) is 5.92 Å². The van der Waals surface area contributed by atoms with Gasteiger partial charge in [-0.2, -0.15) is 8.78 Å². The van der Waals surface area contributed by atoms with Gasteiger partial charge in [-0.1, -0.05) is 30.0 Å². The number of rotatable bonds is 10. The smallest absolute Gasteiger partial charge is 0.314 e. The van der Waals surface area contributed by atoms with Crippen molar-refractivity contribution in [1.82, 2.24) is 5.32 Å². The van der Waals surface area contributed by atoms with Crippen molar-refractivity contribution in [1.29, 1.82) is 0 Å². The molecule has 1 amide bonds. The summed E-state index contributed by atoms with van der Waals surface area (Å²) < 4.78 is 41.5. The number of ether oxygens (including phenoxy) is 3. The fourth-order valence-corrected chi connectivity index (χ4v) is 4.55. The number of halogens is 2. The number of amides is 1. The number of alkyl halides is 2. The molecule has 2 aromatic carbocycles. The van der Waals surface area contributed by atoms with Gasteiger partial charge < -0.3 is 19.5 Å². The third-order valence-electron chi connectivity index (χ3n) is 5.50. The van der Waals surface area contributed by atoms with Gasteiger partial charge in [-0.3, -0.25) is 9.59 Å². The molecule has 0 saturated heterocycles. The van der Waals surface area contributed by atoms with Crippen molar-refractivity contribution in [3.05, 3.63) is 65.7 Å². The lowest BCUT2D eigenvalue weighted by Crippen LogP contribution is -2.34. The van der Waals surface area contributed by atoms with E-state index in [0.29, 0.717) is 45.7 Å². The molecule has 34 heavy (non-hydrogen) atoms. The molecule has 1 aliphatic rings. The molecule has 182 valence electrons. The Labute approximate surface area is 201 Å². The standard InChI is InChI=1S/C25H27F2NO5S/c1-4-33-24(30)22(20-14-18(31-2)10-11-21(20)32-3)15-8-9-17(12-15)28-23(29)16-6-5-7-19(13-16)34-25(26)27/h5-11,13-15,17,22,25H,4,12H2,1-3H3,(H,28,29)/t15-,17-,22-/m0/s1. The van der Waals surface area contributed by atoms with Crippen LogP contribution in [0.5, 0.6) is 11.5 Å². The van der Waals surface area contributed by atoms with E-state index in [-0.39, 0.29) is 24.5 Å². The summed E-state index contributed by atoms with van der Waals surface area (Å²) in [4.78, 5) is 26.0. The van der Waals surface area contributed by atoms with Crippen LogP contribution in [-0.2, 0) is 9.53 Å². The van der Waals surface area contributed by atoms with Crippen molar-refractivity contribution in [3.8, 4) is 11.5 Å². The molecule has 0 heterocycles. The first-order valence-corrected chi connectivity index (χ1v) is 11.7. The second-order valence-electron chi connectivity index (χ2n) is 7.61. The lowest BCUT2D eigenvalue weighted by molar-refractivity contribution is -0.146. The summed E-state index contributed by atoms with van der Waals surface area (Å²) in [7, 11) is 3.07. The molecule has 6 nitrogen and oxygen atoms in total. The molecule has 3 rings (SSSR count). The summed E-state index contributed by atoms with van der Waals surface area (Å²) >= 11 is 0.388. The maximum atomic E-state index is 13.0. The van der Waals surface area contributed by atoms with Gasteiger partial charge >= 0.3 is 5.97 Å². The third-order valence-corrected chi connectivity index (χ3v) is 6.20. The van der Waals surface area contributed by atoms with E-state index in [2.05, 4.69) is 5.32 Å². The zero-order valence-electron chi connectivity index (χ0n) is 19.1. The van der Waals surface area contributed by atoms with Gasteiger partial charge in [0.15, 0.2) is 0 Å². The second-order valence-corrected chi connectivity index (χ2v) is 8.67. The first-order valence-electron chi connectivity index (χ1n) is 10.8. The van der Waals surface area contributed by atoms with E-state index in [1.54, 1.807) is 44.4 Å². The highest BCUT2D eigenvalue weighted by molar-refractivity contribution is 7.99. The van der Waals surface area contributed by atoms with Crippen molar-refractivity contribution >= 4 is 23.6 Å². The highest BCUT2D eigenvalue weighted by Gasteiger charge is 2.36. The zero-order chi connectivity index (χ0) is 24.7. The number of hydrogen-bond donors (Lipinski definition) is 1. The van der Waals surface area contributed by atoms with E-state index < -0.39 is 17.6 Å². The van der Waals surface area contributed by atoms with Crippen LogP contribution >= 0.6 is 11.8 Å². The fourth-order valence-electron chi connectivity index (χ4n) is 3.99. The minimum atomic E-state index is -2.56. The third kappa shape index (κ3) is 6.28. The predicted molar refractivity (Wildman–Crippen MR) is 126 cm³/mol. The SMILES string of the molecule is CCOC(=O)[C@H](c1cc(OC)ccc1OC)[C@H]1C=C[C@H](NC(=O)c2cccc(SC(F)F)c2)C1. The van der Waals surface area contributed by atoms with Crippen molar-refractivity contribution < 1.29 is 32.6 Å². The highest BCUT2D eigenvalue weighted by Crippen LogP contribution is 2.40. The fraction of sp³-hybridized carbons (Fsp3) is 0.360. The van der Waals surface area contributed by atoms with Gasteiger partial charge in [0.05, 0.1) is 26.7 Å². The van der Waals surface area contributed by atoms with Crippen LogP contribution in [0, 0.1) is 5.92 Å². The number of methoxy groups -OCH3 is 2. The molecule has 0 aliphatic heterocycles. The quantitative estimate of drug-likeness (QED) is 0.285. The summed E-state index contributed by atoms with van der Waals surface area (Å²) in [6.07, 6.45) is 4.18. The van der Waals surface area contributed by atoms with Crippen LogP contribution in [0.3, 0.4) is 0 Å². The number of benzene rings is 2. The molecule has 0 radical (unpaired) electrons. The van der Waals surface area contributed by atoms with E-state index in [0.717, 1.165) is 0 Å². The first-order chi connectivity index (χ1) is 16.4. The predicted octanol–water partition coefficient (Wildman–Crippen LogP) is 5.04. The van der Waals surface area contributed by atoms with Crippen molar-refractivity contribution in [3.63, 3.8) is 0 Å². The minimum absolute atomic E-state index is 0.227. The molecule has 0 fully saturated rings. The zero-order valence-corrected chi connectivity index (χ0v) is 19.9. The van der Waals surface area contributed by atoms with Crippen molar-refractivity contribution in [2.45, 2.75) is 36.0 Å². The summed E-state index contributed by atoms with van der Waals surface area (Å²) in [6, 6.07) is 11.0. The molecule has 1 aliphatic carbocycles. The van der Waals surface area contributed by atoms with Crippen LogP contribution in [0.2, 0.25) is 0 Å².